The predicted octanol–water partition coefficient (Wildman–Crippen LogP) is 1.37. The lowest BCUT2D eigenvalue weighted by Gasteiger charge is -2.31. The first-order chi connectivity index (χ1) is 11.2. The Bertz CT molecular complexity index is 669. The third-order valence-electron chi connectivity index (χ3n) is 4.24. The number of H-pyrrole nitrogens is 1. The fourth-order valence-electron chi connectivity index (χ4n) is 2.45. The molecule has 1 aromatic carbocycles. The average molecular weight is 352 g/mol. The van der Waals surface area contributed by atoms with Crippen LogP contribution in [0, 0.1) is 11.8 Å². The van der Waals surface area contributed by atoms with E-state index < -0.39 is 0 Å². The Hall–Kier alpha value is -2.12. The number of hydrogen-bond donors (Lipinski definition) is 3. The molecule has 1 aromatic heterocycles. The van der Waals surface area contributed by atoms with Gasteiger partial charge in [0.25, 0.3) is 0 Å². The van der Waals surface area contributed by atoms with E-state index >= 15 is 0 Å². The van der Waals surface area contributed by atoms with E-state index in [1.54, 1.807) is 7.11 Å². The first-order valence-corrected chi connectivity index (χ1v) is 7.71. The van der Waals surface area contributed by atoms with Crippen molar-refractivity contribution in [3.05, 3.63) is 30.1 Å². The van der Waals surface area contributed by atoms with Crippen LogP contribution in [-0.2, 0) is 11.3 Å². The van der Waals surface area contributed by atoms with Crippen molar-refractivity contribution in [3.8, 4) is 17.1 Å². The van der Waals surface area contributed by atoms with Crippen molar-refractivity contribution < 1.29 is 9.53 Å². The quantitative estimate of drug-likeness (QED) is 0.731. The molecule has 0 bridgehead atoms. The van der Waals surface area contributed by atoms with Gasteiger partial charge < -0.3 is 15.4 Å². The Morgan fingerprint density at radius 2 is 2.08 bits per heavy atom. The molecule has 8 heteroatoms. The molecule has 0 radical (unpaired) electrons. The van der Waals surface area contributed by atoms with Crippen molar-refractivity contribution in [3.63, 3.8) is 0 Å². The maximum atomic E-state index is 12.1. The molecule has 1 amide bonds. The van der Waals surface area contributed by atoms with Crippen LogP contribution in [0.5, 0.6) is 5.75 Å². The number of carbonyl (C=O) groups is 1. The molecule has 7 nitrogen and oxygen atoms in total. The van der Waals surface area contributed by atoms with E-state index in [-0.39, 0.29) is 24.2 Å². The lowest BCUT2D eigenvalue weighted by Crippen LogP contribution is -2.49. The first kappa shape index (κ1) is 18.2. The monoisotopic (exact) mass is 351 g/mol. The van der Waals surface area contributed by atoms with E-state index in [9.17, 15) is 4.79 Å². The molecule has 1 unspecified atom stereocenters. The standard InChI is InChI=1S/C16H21N5O2.ClH/c1-10(12-7-17-8-12)16(22)18-9-14-19-15(21-20-14)11-3-5-13(23-2)6-4-11;/h3-6,10,12,17H,7-9H2,1-2H3,(H,18,22)(H,19,20,21);1H. The van der Waals surface area contributed by atoms with E-state index in [4.69, 9.17) is 4.74 Å². The molecule has 1 aliphatic rings. The average Bonchev–Trinajstić information content (AvgIpc) is 3.00. The van der Waals surface area contributed by atoms with Gasteiger partial charge in [-0.2, -0.15) is 5.10 Å². The van der Waals surface area contributed by atoms with Crippen LogP contribution >= 0.6 is 12.4 Å². The summed E-state index contributed by atoms with van der Waals surface area (Å²) in [6.07, 6.45) is 0. The van der Waals surface area contributed by atoms with Crippen LogP contribution in [-0.4, -0.2) is 41.3 Å². The van der Waals surface area contributed by atoms with Gasteiger partial charge in [0, 0.05) is 11.5 Å². The molecule has 1 atom stereocenters. The summed E-state index contributed by atoms with van der Waals surface area (Å²) in [5, 5.41) is 13.1. The largest absolute Gasteiger partial charge is 0.497 e. The Kier molecular flexibility index (Phi) is 6.16. The predicted molar refractivity (Wildman–Crippen MR) is 93.0 cm³/mol. The molecule has 0 saturated carbocycles. The molecule has 130 valence electrons. The highest BCUT2D eigenvalue weighted by Crippen LogP contribution is 2.19. The highest BCUT2D eigenvalue weighted by molar-refractivity contribution is 5.85. The maximum Gasteiger partial charge on any atom is 0.223 e. The summed E-state index contributed by atoms with van der Waals surface area (Å²) in [6, 6.07) is 7.52. The smallest absolute Gasteiger partial charge is 0.223 e. The fraction of sp³-hybridized carbons (Fsp3) is 0.438. The van der Waals surface area contributed by atoms with Gasteiger partial charge in [0.1, 0.15) is 11.6 Å². The zero-order valence-electron chi connectivity index (χ0n) is 13.7. The van der Waals surface area contributed by atoms with Crippen LogP contribution in [0.3, 0.4) is 0 Å². The highest BCUT2D eigenvalue weighted by Gasteiger charge is 2.28. The van der Waals surface area contributed by atoms with E-state index in [0.717, 1.165) is 24.4 Å². The van der Waals surface area contributed by atoms with E-state index in [1.807, 2.05) is 31.2 Å². The van der Waals surface area contributed by atoms with Crippen molar-refractivity contribution in [1.82, 2.24) is 25.8 Å². The van der Waals surface area contributed by atoms with Crippen LogP contribution in [0.15, 0.2) is 24.3 Å². The molecule has 1 aliphatic heterocycles. The summed E-state index contributed by atoms with van der Waals surface area (Å²) >= 11 is 0. The number of rotatable bonds is 6. The molecule has 3 rings (SSSR count). The normalized spacial score (nSPS) is 15.1. The number of ether oxygens (including phenoxy) is 1. The summed E-state index contributed by atoms with van der Waals surface area (Å²) < 4.78 is 5.13. The van der Waals surface area contributed by atoms with Gasteiger partial charge >= 0.3 is 0 Å². The van der Waals surface area contributed by atoms with Gasteiger partial charge in [-0.1, -0.05) is 6.92 Å². The minimum atomic E-state index is 0. The van der Waals surface area contributed by atoms with E-state index in [0.29, 0.717) is 24.1 Å². The second-order valence-corrected chi connectivity index (χ2v) is 5.76. The SMILES string of the molecule is COc1ccc(-c2n[nH]c(CNC(=O)C(C)C3CNC3)n2)cc1.Cl. The Labute approximate surface area is 147 Å². The summed E-state index contributed by atoms with van der Waals surface area (Å²) in [5.41, 5.74) is 0.897. The van der Waals surface area contributed by atoms with E-state index in [1.165, 1.54) is 0 Å². The highest BCUT2D eigenvalue weighted by atomic mass is 35.5. The van der Waals surface area contributed by atoms with Gasteiger partial charge in [-0.15, -0.1) is 12.4 Å². The number of carbonyl (C=O) groups excluding carboxylic acids is 1. The molecule has 2 heterocycles. The van der Waals surface area contributed by atoms with Gasteiger partial charge in [-0.25, -0.2) is 4.98 Å². The first-order valence-electron chi connectivity index (χ1n) is 7.71. The number of nitrogens with one attached hydrogen (secondary N) is 3. The molecular formula is C16H22ClN5O2. The number of hydrogen-bond acceptors (Lipinski definition) is 5. The lowest BCUT2D eigenvalue weighted by molar-refractivity contribution is -0.126. The zero-order valence-corrected chi connectivity index (χ0v) is 14.5. The summed E-state index contributed by atoms with van der Waals surface area (Å²) in [6.45, 7) is 4.15. The number of amides is 1. The summed E-state index contributed by atoms with van der Waals surface area (Å²) in [4.78, 5) is 16.5. The minimum absolute atomic E-state index is 0. The number of aromatic amines is 1. The van der Waals surface area contributed by atoms with Crippen LogP contribution in [0.1, 0.15) is 12.7 Å². The summed E-state index contributed by atoms with van der Waals surface area (Å²) in [7, 11) is 1.63. The summed E-state index contributed by atoms with van der Waals surface area (Å²) in [5.74, 6) is 2.53. The number of aromatic nitrogens is 3. The topological polar surface area (TPSA) is 91.9 Å². The number of methoxy groups -OCH3 is 1. The fourth-order valence-corrected chi connectivity index (χ4v) is 2.45. The van der Waals surface area contributed by atoms with E-state index in [2.05, 4.69) is 25.8 Å². The van der Waals surface area contributed by atoms with Crippen LogP contribution < -0.4 is 15.4 Å². The van der Waals surface area contributed by atoms with Crippen molar-refractivity contribution in [2.24, 2.45) is 11.8 Å². The maximum absolute atomic E-state index is 12.1. The third kappa shape index (κ3) is 4.04. The number of halogens is 1. The molecule has 1 saturated heterocycles. The van der Waals surface area contributed by atoms with Gasteiger partial charge in [-0.05, 0) is 43.3 Å². The number of nitrogens with zero attached hydrogens (tertiary/aromatic N) is 2. The lowest BCUT2D eigenvalue weighted by atomic mass is 9.88. The van der Waals surface area contributed by atoms with Crippen LogP contribution in [0.4, 0.5) is 0 Å². The molecule has 0 aliphatic carbocycles. The molecule has 2 aromatic rings. The van der Waals surface area contributed by atoms with Crippen molar-refractivity contribution >= 4 is 18.3 Å². The minimum Gasteiger partial charge on any atom is -0.497 e. The van der Waals surface area contributed by atoms with Gasteiger partial charge in [0.05, 0.1) is 13.7 Å². The zero-order chi connectivity index (χ0) is 16.2. The third-order valence-corrected chi connectivity index (χ3v) is 4.24. The molecule has 24 heavy (non-hydrogen) atoms. The number of benzene rings is 1. The Morgan fingerprint density at radius 3 is 2.67 bits per heavy atom. The molecular weight excluding hydrogens is 330 g/mol. The van der Waals surface area contributed by atoms with Crippen molar-refractivity contribution in [2.75, 3.05) is 20.2 Å². The molecule has 3 N–H and O–H groups in total. The second kappa shape index (κ2) is 8.12. The van der Waals surface area contributed by atoms with Gasteiger partial charge in [0.2, 0.25) is 5.91 Å². The Morgan fingerprint density at radius 1 is 1.38 bits per heavy atom. The molecule has 1 fully saturated rings. The molecule has 0 spiro atoms. The van der Waals surface area contributed by atoms with Gasteiger partial charge in [0.15, 0.2) is 5.82 Å². The van der Waals surface area contributed by atoms with Crippen molar-refractivity contribution in [1.29, 1.82) is 0 Å². The van der Waals surface area contributed by atoms with Gasteiger partial charge in [-0.3, -0.25) is 9.89 Å². The Balaban J connectivity index is 0.00000208. The van der Waals surface area contributed by atoms with Crippen LogP contribution in [0.25, 0.3) is 11.4 Å². The second-order valence-electron chi connectivity index (χ2n) is 5.76. The van der Waals surface area contributed by atoms with Crippen molar-refractivity contribution in [2.45, 2.75) is 13.5 Å². The van der Waals surface area contributed by atoms with Crippen LogP contribution in [0.2, 0.25) is 0 Å².